The molecule has 3 atom stereocenters. The van der Waals surface area contributed by atoms with Gasteiger partial charge in [-0.3, -0.25) is 0 Å². The van der Waals surface area contributed by atoms with Crippen molar-refractivity contribution in [2.24, 2.45) is 11.8 Å². The topological polar surface area (TPSA) is 18.5 Å². The molecular formula is C12H19IO2. The van der Waals surface area contributed by atoms with Crippen molar-refractivity contribution >= 4 is 22.6 Å². The van der Waals surface area contributed by atoms with E-state index in [1.165, 1.54) is 3.58 Å². The molecule has 0 aliphatic rings. The summed E-state index contributed by atoms with van der Waals surface area (Å²) in [7, 11) is 1.61. The molecule has 3 heteroatoms. The number of hydrogen-bond donors (Lipinski definition) is 0. The zero-order chi connectivity index (χ0) is 11.8. The van der Waals surface area contributed by atoms with Crippen LogP contribution >= 0.6 is 22.6 Å². The van der Waals surface area contributed by atoms with Crippen molar-refractivity contribution in [3.8, 4) is 12.3 Å². The summed E-state index contributed by atoms with van der Waals surface area (Å²) in [6, 6.07) is 0. The summed E-state index contributed by atoms with van der Waals surface area (Å²) < 4.78 is 11.7. The first-order valence-corrected chi connectivity index (χ1v) is 6.01. The van der Waals surface area contributed by atoms with Crippen molar-refractivity contribution in [1.82, 2.24) is 0 Å². The molecular weight excluding hydrogens is 303 g/mol. The van der Waals surface area contributed by atoms with Crippen molar-refractivity contribution in [2.45, 2.75) is 26.9 Å². The first-order valence-electron chi connectivity index (χ1n) is 4.93. The predicted molar refractivity (Wildman–Crippen MR) is 71.7 cm³/mol. The SMILES string of the molecule is C#CC(C)[C@H](OCOC)[C@@H](C)/C=C(/C)I. The Kier molecular flexibility index (Phi) is 8.12. The Morgan fingerprint density at radius 3 is 2.53 bits per heavy atom. The third-order valence-corrected chi connectivity index (χ3v) is 2.50. The fourth-order valence-electron chi connectivity index (χ4n) is 1.45. The standard InChI is InChI=1S/C12H19IO2/c1-6-9(2)12(15-8-14-5)10(3)7-11(4)13/h1,7,9-10,12H,8H2,2-5H3/b11-7-/t9?,10-,12-/m0/s1. The maximum absolute atomic E-state index is 5.59. The summed E-state index contributed by atoms with van der Waals surface area (Å²) in [5.41, 5.74) is 0. The molecule has 0 N–H and O–H groups in total. The molecule has 0 bridgehead atoms. The lowest BCUT2D eigenvalue weighted by Crippen LogP contribution is -2.28. The van der Waals surface area contributed by atoms with E-state index in [0.717, 1.165) is 0 Å². The van der Waals surface area contributed by atoms with E-state index in [2.05, 4.69) is 48.4 Å². The second kappa shape index (κ2) is 8.14. The van der Waals surface area contributed by atoms with E-state index in [1.807, 2.05) is 6.92 Å². The Morgan fingerprint density at radius 1 is 1.53 bits per heavy atom. The van der Waals surface area contributed by atoms with Gasteiger partial charge in [-0.05, 0) is 40.0 Å². The van der Waals surface area contributed by atoms with Gasteiger partial charge in [0.25, 0.3) is 0 Å². The van der Waals surface area contributed by atoms with E-state index in [4.69, 9.17) is 15.9 Å². The minimum atomic E-state index is 0.0136. The molecule has 2 nitrogen and oxygen atoms in total. The van der Waals surface area contributed by atoms with Gasteiger partial charge >= 0.3 is 0 Å². The summed E-state index contributed by atoms with van der Waals surface area (Å²) in [4.78, 5) is 0. The molecule has 15 heavy (non-hydrogen) atoms. The Bertz CT molecular complexity index is 238. The molecule has 0 amide bonds. The van der Waals surface area contributed by atoms with Crippen molar-refractivity contribution in [2.75, 3.05) is 13.9 Å². The van der Waals surface area contributed by atoms with Gasteiger partial charge in [0.2, 0.25) is 0 Å². The quantitative estimate of drug-likeness (QED) is 0.425. The van der Waals surface area contributed by atoms with E-state index in [1.54, 1.807) is 7.11 Å². The van der Waals surface area contributed by atoms with Crippen LogP contribution in [0.1, 0.15) is 20.8 Å². The van der Waals surface area contributed by atoms with E-state index in [0.29, 0.717) is 5.92 Å². The first kappa shape index (κ1) is 14.9. The van der Waals surface area contributed by atoms with Crippen LogP contribution in [0, 0.1) is 24.2 Å². The molecule has 0 aliphatic carbocycles. The minimum absolute atomic E-state index is 0.0136. The predicted octanol–water partition coefficient (Wildman–Crippen LogP) is 3.22. The number of allylic oxidation sites excluding steroid dienone is 1. The second-order valence-corrected chi connectivity index (χ2v) is 5.31. The van der Waals surface area contributed by atoms with Gasteiger partial charge in [0.05, 0.1) is 6.10 Å². The lowest BCUT2D eigenvalue weighted by Gasteiger charge is -2.24. The van der Waals surface area contributed by atoms with E-state index in [9.17, 15) is 0 Å². The van der Waals surface area contributed by atoms with E-state index in [-0.39, 0.29) is 18.8 Å². The Labute approximate surface area is 107 Å². The number of ether oxygens (including phenoxy) is 2. The van der Waals surface area contributed by atoms with Gasteiger partial charge in [0, 0.05) is 18.9 Å². The van der Waals surface area contributed by atoms with Gasteiger partial charge in [-0.15, -0.1) is 12.3 Å². The lowest BCUT2D eigenvalue weighted by atomic mass is 9.93. The number of hydrogen-bond acceptors (Lipinski definition) is 2. The van der Waals surface area contributed by atoms with Crippen LogP contribution in [0.3, 0.4) is 0 Å². The third-order valence-electron chi connectivity index (χ3n) is 2.14. The van der Waals surface area contributed by atoms with Gasteiger partial charge in [-0.25, -0.2) is 0 Å². The molecule has 0 spiro atoms. The molecule has 0 saturated carbocycles. The first-order chi connectivity index (χ1) is 7.02. The van der Waals surface area contributed by atoms with Crippen LogP contribution in [0.5, 0.6) is 0 Å². The number of methoxy groups -OCH3 is 1. The van der Waals surface area contributed by atoms with Crippen LogP contribution in [0.4, 0.5) is 0 Å². The highest BCUT2D eigenvalue weighted by Crippen LogP contribution is 2.20. The fourth-order valence-corrected chi connectivity index (χ4v) is 2.02. The lowest BCUT2D eigenvalue weighted by molar-refractivity contribution is -0.0935. The van der Waals surface area contributed by atoms with Gasteiger partial charge < -0.3 is 9.47 Å². The zero-order valence-corrected chi connectivity index (χ0v) is 11.9. The van der Waals surface area contributed by atoms with E-state index >= 15 is 0 Å². The van der Waals surface area contributed by atoms with Gasteiger partial charge in [-0.2, -0.15) is 0 Å². The molecule has 0 saturated heterocycles. The molecule has 0 fully saturated rings. The molecule has 1 unspecified atom stereocenters. The Hall–Kier alpha value is -0.0500. The van der Waals surface area contributed by atoms with Gasteiger partial charge in [-0.1, -0.05) is 13.0 Å². The average Bonchev–Trinajstić information content (AvgIpc) is 2.16. The zero-order valence-electron chi connectivity index (χ0n) is 9.79. The monoisotopic (exact) mass is 322 g/mol. The average molecular weight is 322 g/mol. The van der Waals surface area contributed by atoms with Crippen LogP contribution in [-0.2, 0) is 9.47 Å². The van der Waals surface area contributed by atoms with Gasteiger partial charge in [0.15, 0.2) is 0 Å². The van der Waals surface area contributed by atoms with Crippen molar-refractivity contribution < 1.29 is 9.47 Å². The highest BCUT2D eigenvalue weighted by molar-refractivity contribution is 14.1. The third kappa shape index (κ3) is 6.18. The fraction of sp³-hybridized carbons (Fsp3) is 0.667. The van der Waals surface area contributed by atoms with Crippen LogP contribution in [0.15, 0.2) is 9.66 Å². The summed E-state index contributed by atoms with van der Waals surface area (Å²) in [5, 5.41) is 0. The Morgan fingerprint density at radius 2 is 2.13 bits per heavy atom. The molecule has 0 heterocycles. The highest BCUT2D eigenvalue weighted by atomic mass is 127. The molecule has 0 aliphatic heterocycles. The molecule has 86 valence electrons. The molecule has 0 aromatic rings. The van der Waals surface area contributed by atoms with Crippen molar-refractivity contribution in [3.05, 3.63) is 9.66 Å². The smallest absolute Gasteiger partial charge is 0.146 e. The van der Waals surface area contributed by atoms with Crippen molar-refractivity contribution in [1.29, 1.82) is 0 Å². The molecule has 0 rings (SSSR count). The largest absolute Gasteiger partial charge is 0.359 e. The van der Waals surface area contributed by atoms with Crippen LogP contribution < -0.4 is 0 Å². The highest BCUT2D eigenvalue weighted by Gasteiger charge is 2.21. The van der Waals surface area contributed by atoms with E-state index < -0.39 is 0 Å². The second-order valence-electron chi connectivity index (χ2n) is 3.61. The summed E-state index contributed by atoms with van der Waals surface area (Å²) >= 11 is 2.29. The number of rotatable bonds is 6. The summed E-state index contributed by atoms with van der Waals surface area (Å²) in [6.07, 6.45) is 7.59. The van der Waals surface area contributed by atoms with Crippen LogP contribution in [-0.4, -0.2) is 20.0 Å². The molecule has 0 aromatic heterocycles. The normalized spacial score (nSPS) is 18.0. The minimum Gasteiger partial charge on any atom is -0.359 e. The summed E-state index contributed by atoms with van der Waals surface area (Å²) in [6.45, 7) is 6.45. The van der Waals surface area contributed by atoms with Crippen LogP contribution in [0.25, 0.3) is 0 Å². The maximum Gasteiger partial charge on any atom is 0.146 e. The van der Waals surface area contributed by atoms with Crippen molar-refractivity contribution in [3.63, 3.8) is 0 Å². The molecule has 0 radical (unpaired) electrons. The molecule has 0 aromatic carbocycles. The Balaban J connectivity index is 4.48. The summed E-state index contributed by atoms with van der Waals surface area (Å²) in [5.74, 6) is 3.10. The number of halogens is 1. The number of terminal acetylenes is 1. The van der Waals surface area contributed by atoms with Gasteiger partial charge in [0.1, 0.15) is 6.79 Å². The maximum atomic E-state index is 5.59. The van der Waals surface area contributed by atoms with Crippen LogP contribution in [0.2, 0.25) is 0 Å².